The van der Waals surface area contributed by atoms with Crippen molar-refractivity contribution >= 4 is 11.8 Å². The van der Waals surface area contributed by atoms with Gasteiger partial charge in [-0.05, 0) is 11.6 Å². The Labute approximate surface area is 92.2 Å². The van der Waals surface area contributed by atoms with Crippen molar-refractivity contribution in [2.24, 2.45) is 5.92 Å². The van der Waals surface area contributed by atoms with Gasteiger partial charge in [-0.25, -0.2) is 4.79 Å². The Morgan fingerprint density at radius 2 is 2.12 bits per heavy atom. The molecule has 0 aromatic carbocycles. The number of carbonyl (C=O) groups excluding carboxylic acids is 2. The van der Waals surface area contributed by atoms with Crippen LogP contribution in [-0.4, -0.2) is 24.5 Å². The number of rotatable bonds is 0. The summed E-state index contributed by atoms with van der Waals surface area (Å²) >= 11 is 0. The zero-order chi connectivity index (χ0) is 11.1. The van der Waals surface area contributed by atoms with Gasteiger partial charge in [0, 0.05) is 18.4 Å². The normalized spacial score (nSPS) is 31.8. The Balaban J connectivity index is 1.94. The van der Waals surface area contributed by atoms with Gasteiger partial charge >= 0.3 is 5.97 Å². The molecule has 4 nitrogen and oxygen atoms in total. The summed E-state index contributed by atoms with van der Waals surface area (Å²) in [6.45, 7) is 0.115. The summed E-state index contributed by atoms with van der Waals surface area (Å²) in [6.07, 6.45) is 7.08. The summed E-state index contributed by atoms with van der Waals surface area (Å²) < 4.78 is 10.5. The van der Waals surface area contributed by atoms with Crippen molar-refractivity contribution in [3.63, 3.8) is 0 Å². The highest BCUT2D eigenvalue weighted by Gasteiger charge is 2.32. The zero-order valence-corrected chi connectivity index (χ0v) is 8.51. The van der Waals surface area contributed by atoms with Gasteiger partial charge in [0.15, 0.2) is 5.78 Å². The maximum absolute atomic E-state index is 11.2. The molecule has 1 aliphatic carbocycles. The van der Waals surface area contributed by atoms with Crippen molar-refractivity contribution in [2.75, 3.05) is 6.61 Å². The molecule has 2 unspecified atom stereocenters. The molecule has 1 fully saturated rings. The van der Waals surface area contributed by atoms with Gasteiger partial charge in [0.2, 0.25) is 0 Å². The van der Waals surface area contributed by atoms with Crippen LogP contribution in [0.5, 0.6) is 0 Å². The smallest absolute Gasteiger partial charge is 0.331 e. The Hall–Kier alpha value is -1.84. The van der Waals surface area contributed by atoms with E-state index in [1.165, 1.54) is 6.08 Å². The largest absolute Gasteiger partial charge is 0.486 e. The first-order chi connectivity index (χ1) is 7.72. The fourth-order valence-corrected chi connectivity index (χ4v) is 2.13. The average Bonchev–Trinajstić information content (AvgIpc) is 2.26. The van der Waals surface area contributed by atoms with Crippen molar-refractivity contribution in [1.82, 2.24) is 0 Å². The average molecular weight is 218 g/mol. The lowest BCUT2D eigenvalue weighted by Gasteiger charge is -2.30. The number of hydrogen-bond donors (Lipinski definition) is 0. The lowest BCUT2D eigenvalue weighted by atomic mass is 9.88. The van der Waals surface area contributed by atoms with Gasteiger partial charge in [-0.1, -0.05) is 12.2 Å². The zero-order valence-electron chi connectivity index (χ0n) is 8.51. The second-order valence-electron chi connectivity index (χ2n) is 4.06. The van der Waals surface area contributed by atoms with E-state index in [1.54, 1.807) is 12.2 Å². The van der Waals surface area contributed by atoms with E-state index in [2.05, 4.69) is 0 Å². The van der Waals surface area contributed by atoms with Crippen molar-refractivity contribution in [3.05, 3.63) is 35.6 Å². The Kier molecular flexibility index (Phi) is 1.96. The van der Waals surface area contributed by atoms with E-state index in [0.717, 1.165) is 5.57 Å². The number of hydrogen-bond acceptors (Lipinski definition) is 4. The van der Waals surface area contributed by atoms with Crippen molar-refractivity contribution in [1.29, 1.82) is 0 Å². The molecule has 3 rings (SSSR count). The van der Waals surface area contributed by atoms with Gasteiger partial charge < -0.3 is 9.47 Å². The summed E-state index contributed by atoms with van der Waals surface area (Å²) in [5, 5.41) is 0. The molecule has 4 heteroatoms. The first kappa shape index (κ1) is 9.39. The molecule has 0 spiro atoms. The predicted molar refractivity (Wildman–Crippen MR) is 54.3 cm³/mol. The first-order valence-corrected chi connectivity index (χ1v) is 5.18. The van der Waals surface area contributed by atoms with E-state index in [4.69, 9.17) is 9.47 Å². The minimum Gasteiger partial charge on any atom is -0.486 e. The van der Waals surface area contributed by atoms with Crippen LogP contribution in [0.25, 0.3) is 0 Å². The van der Waals surface area contributed by atoms with Crippen molar-refractivity contribution in [3.8, 4) is 0 Å². The van der Waals surface area contributed by atoms with Crippen LogP contribution in [0.4, 0.5) is 0 Å². The van der Waals surface area contributed by atoms with E-state index < -0.39 is 0 Å². The molecule has 82 valence electrons. The molecule has 2 atom stereocenters. The first-order valence-electron chi connectivity index (χ1n) is 5.18. The van der Waals surface area contributed by atoms with E-state index >= 15 is 0 Å². The minimum absolute atomic E-state index is 0.0333. The molecular formula is C12H10O4. The van der Waals surface area contributed by atoms with E-state index in [9.17, 15) is 9.59 Å². The van der Waals surface area contributed by atoms with Gasteiger partial charge in [-0.2, -0.15) is 0 Å². The highest BCUT2D eigenvalue weighted by atomic mass is 16.5. The molecule has 3 aliphatic rings. The molecule has 0 saturated carbocycles. The number of allylic oxidation sites excluding steroid dienone is 1. The molecule has 0 aromatic rings. The van der Waals surface area contributed by atoms with Crippen LogP contribution in [0, 0.1) is 5.92 Å². The van der Waals surface area contributed by atoms with Crippen LogP contribution in [-0.2, 0) is 19.1 Å². The van der Waals surface area contributed by atoms with Crippen molar-refractivity contribution in [2.45, 2.75) is 12.5 Å². The highest BCUT2D eigenvalue weighted by Crippen LogP contribution is 2.33. The summed E-state index contributed by atoms with van der Waals surface area (Å²) in [6, 6.07) is 0. The molecular weight excluding hydrogens is 208 g/mol. The molecule has 0 amide bonds. The second kappa shape index (κ2) is 3.33. The van der Waals surface area contributed by atoms with Gasteiger partial charge in [0.05, 0.1) is 0 Å². The molecule has 16 heavy (non-hydrogen) atoms. The summed E-state index contributed by atoms with van der Waals surface area (Å²) in [4.78, 5) is 22.3. The second-order valence-corrected chi connectivity index (χ2v) is 4.06. The number of carbonyl (C=O) groups is 2. The number of esters is 1. The molecule has 0 aromatic heterocycles. The standard InChI is InChI=1S/C12H10O4/c13-9-4-8-3-7-1-2-12(14)16-11(7)5-10(8)15-6-9/h1-3,5,7,11H,4,6H2. The van der Waals surface area contributed by atoms with Gasteiger partial charge in [0.25, 0.3) is 0 Å². The van der Waals surface area contributed by atoms with E-state index in [1.807, 2.05) is 6.08 Å². The fraction of sp³-hybridized carbons (Fsp3) is 0.333. The summed E-state index contributed by atoms with van der Waals surface area (Å²) in [7, 11) is 0. The van der Waals surface area contributed by atoms with Crippen LogP contribution < -0.4 is 0 Å². The monoisotopic (exact) mass is 218 g/mol. The molecule has 2 aliphatic heterocycles. The van der Waals surface area contributed by atoms with Crippen molar-refractivity contribution < 1.29 is 19.1 Å². The number of fused-ring (bicyclic) bond motifs is 2. The Morgan fingerprint density at radius 1 is 1.25 bits per heavy atom. The number of Topliss-reactive ketones (excluding diaryl/α,β-unsaturated/α-hetero) is 1. The third-order valence-corrected chi connectivity index (χ3v) is 2.89. The Morgan fingerprint density at radius 3 is 3.00 bits per heavy atom. The van der Waals surface area contributed by atoms with Crippen LogP contribution >= 0.6 is 0 Å². The maximum Gasteiger partial charge on any atom is 0.331 e. The third-order valence-electron chi connectivity index (χ3n) is 2.89. The van der Waals surface area contributed by atoms with Gasteiger partial charge in [-0.15, -0.1) is 0 Å². The van der Waals surface area contributed by atoms with Crippen LogP contribution in [0.2, 0.25) is 0 Å². The van der Waals surface area contributed by atoms with Crippen LogP contribution in [0.1, 0.15) is 6.42 Å². The molecule has 0 N–H and O–H groups in total. The van der Waals surface area contributed by atoms with Gasteiger partial charge in [-0.3, -0.25) is 4.79 Å². The SMILES string of the molecule is O=C1COC2=CC3OC(=O)C=CC3C=C2C1. The van der Waals surface area contributed by atoms with E-state index in [-0.39, 0.29) is 30.4 Å². The summed E-state index contributed by atoms with van der Waals surface area (Å²) in [5.41, 5.74) is 0.903. The Bertz CT molecular complexity index is 456. The third kappa shape index (κ3) is 1.46. The molecule has 2 heterocycles. The number of ether oxygens (including phenoxy) is 2. The van der Waals surface area contributed by atoms with Crippen LogP contribution in [0.15, 0.2) is 35.6 Å². The van der Waals surface area contributed by atoms with E-state index in [0.29, 0.717) is 12.2 Å². The lowest BCUT2D eigenvalue weighted by molar-refractivity contribution is -0.143. The molecule has 0 bridgehead atoms. The quantitative estimate of drug-likeness (QED) is 0.567. The molecule has 0 radical (unpaired) electrons. The van der Waals surface area contributed by atoms with Gasteiger partial charge in [0.1, 0.15) is 18.5 Å². The fourth-order valence-electron chi connectivity index (χ4n) is 2.13. The van der Waals surface area contributed by atoms with Crippen LogP contribution in [0.3, 0.4) is 0 Å². The molecule has 1 saturated heterocycles. The maximum atomic E-state index is 11.2. The topological polar surface area (TPSA) is 52.6 Å². The summed E-state index contributed by atoms with van der Waals surface area (Å²) in [5.74, 6) is 0.468. The lowest BCUT2D eigenvalue weighted by Crippen LogP contribution is -2.31. The number of ketones is 1. The predicted octanol–water partition coefficient (Wildman–Crippen LogP) is 0.898. The minimum atomic E-state index is -0.332. The highest BCUT2D eigenvalue weighted by molar-refractivity contribution is 5.85.